The molecule has 17 heavy (non-hydrogen) atoms. The third-order valence-corrected chi connectivity index (χ3v) is 4.23. The second-order valence-corrected chi connectivity index (χ2v) is 5.62. The fourth-order valence-electron chi connectivity index (χ4n) is 1.81. The summed E-state index contributed by atoms with van der Waals surface area (Å²) in [5, 5.41) is 14.5. The normalized spacial score (nSPS) is 19.2. The molecule has 1 N–H and O–H groups in total. The first-order valence-electron chi connectivity index (χ1n) is 5.42. The lowest BCUT2D eigenvalue weighted by Crippen LogP contribution is -2.14. The van der Waals surface area contributed by atoms with Crippen LogP contribution >= 0.6 is 23.4 Å². The lowest BCUT2D eigenvalue weighted by molar-refractivity contribution is -0.384. The molecule has 92 valence electrons. The summed E-state index contributed by atoms with van der Waals surface area (Å²) >= 11 is 7.78. The summed E-state index contributed by atoms with van der Waals surface area (Å²) < 4.78 is 0. The number of rotatable bonds is 4. The van der Waals surface area contributed by atoms with Crippen LogP contribution in [0.1, 0.15) is 6.42 Å². The highest BCUT2D eigenvalue weighted by Crippen LogP contribution is 2.29. The van der Waals surface area contributed by atoms with Crippen molar-refractivity contribution in [3.63, 3.8) is 0 Å². The molecule has 1 saturated heterocycles. The van der Waals surface area contributed by atoms with Crippen LogP contribution in [0.2, 0.25) is 5.02 Å². The Balaban J connectivity index is 2.07. The fraction of sp³-hybridized carbons (Fsp3) is 0.455. The molecule has 0 saturated carbocycles. The van der Waals surface area contributed by atoms with E-state index >= 15 is 0 Å². The van der Waals surface area contributed by atoms with Crippen LogP contribution in [0.15, 0.2) is 18.2 Å². The molecule has 0 amide bonds. The minimum Gasteiger partial charge on any atom is -0.379 e. The lowest BCUT2D eigenvalue weighted by atomic mass is 10.1. The number of nitro benzene ring substituents is 1. The van der Waals surface area contributed by atoms with Crippen molar-refractivity contribution in [3.05, 3.63) is 33.3 Å². The van der Waals surface area contributed by atoms with Gasteiger partial charge in [0.25, 0.3) is 5.69 Å². The van der Waals surface area contributed by atoms with E-state index in [4.69, 9.17) is 11.6 Å². The number of hydrogen-bond donors (Lipinski definition) is 1. The second-order valence-electron chi connectivity index (χ2n) is 4.03. The Morgan fingerprint density at radius 2 is 2.41 bits per heavy atom. The van der Waals surface area contributed by atoms with E-state index in [-0.39, 0.29) is 10.6 Å². The molecular formula is C11H13ClN2O2S. The largest absolute Gasteiger partial charge is 0.379 e. The molecule has 1 aliphatic heterocycles. The van der Waals surface area contributed by atoms with E-state index in [0.717, 1.165) is 12.3 Å². The van der Waals surface area contributed by atoms with E-state index in [0.29, 0.717) is 16.6 Å². The zero-order valence-electron chi connectivity index (χ0n) is 9.19. The highest BCUT2D eigenvalue weighted by molar-refractivity contribution is 7.99. The molecule has 1 heterocycles. The van der Waals surface area contributed by atoms with Crippen molar-refractivity contribution in [2.24, 2.45) is 5.92 Å². The van der Waals surface area contributed by atoms with Gasteiger partial charge in [-0.1, -0.05) is 11.6 Å². The summed E-state index contributed by atoms with van der Waals surface area (Å²) in [6, 6.07) is 4.59. The van der Waals surface area contributed by atoms with Crippen molar-refractivity contribution in [1.82, 2.24) is 0 Å². The number of nitro groups is 1. The molecule has 2 rings (SSSR count). The predicted octanol–water partition coefficient (Wildman–Crippen LogP) is 3.41. The molecular weight excluding hydrogens is 260 g/mol. The molecule has 0 aliphatic carbocycles. The number of benzene rings is 1. The summed E-state index contributed by atoms with van der Waals surface area (Å²) in [7, 11) is 0. The summed E-state index contributed by atoms with van der Waals surface area (Å²) in [4.78, 5) is 10.5. The van der Waals surface area contributed by atoms with Crippen LogP contribution in [0.4, 0.5) is 11.4 Å². The van der Waals surface area contributed by atoms with Crippen LogP contribution < -0.4 is 5.32 Å². The van der Waals surface area contributed by atoms with Crippen LogP contribution in [0.5, 0.6) is 0 Å². The first kappa shape index (κ1) is 12.5. The maximum absolute atomic E-state index is 10.8. The number of nitrogens with zero attached hydrogens (tertiary/aromatic N) is 1. The van der Waals surface area contributed by atoms with E-state index in [9.17, 15) is 10.1 Å². The summed E-state index contributed by atoms with van der Waals surface area (Å²) in [6.07, 6.45) is 1.17. The van der Waals surface area contributed by atoms with Crippen LogP contribution in [0.3, 0.4) is 0 Å². The molecule has 6 heteroatoms. The molecule has 1 aliphatic rings. The molecule has 1 aromatic rings. The van der Waals surface area contributed by atoms with Gasteiger partial charge in [-0.3, -0.25) is 10.1 Å². The van der Waals surface area contributed by atoms with Crippen molar-refractivity contribution in [3.8, 4) is 0 Å². The van der Waals surface area contributed by atoms with E-state index in [1.807, 2.05) is 11.8 Å². The Labute approximate surface area is 109 Å². The number of anilines is 1. The van der Waals surface area contributed by atoms with Crippen molar-refractivity contribution in [2.45, 2.75) is 6.42 Å². The maximum atomic E-state index is 10.8. The van der Waals surface area contributed by atoms with Gasteiger partial charge in [-0.15, -0.1) is 0 Å². The summed E-state index contributed by atoms with van der Waals surface area (Å²) in [5.74, 6) is 2.91. The van der Waals surface area contributed by atoms with Gasteiger partial charge in [0, 0.05) is 17.6 Å². The van der Waals surface area contributed by atoms with Gasteiger partial charge in [0.05, 0.1) is 4.92 Å². The van der Waals surface area contributed by atoms with Gasteiger partial charge >= 0.3 is 0 Å². The first-order chi connectivity index (χ1) is 8.16. The molecule has 4 nitrogen and oxygen atoms in total. The van der Waals surface area contributed by atoms with Crippen molar-refractivity contribution >= 4 is 34.7 Å². The number of thioether (sulfide) groups is 1. The Morgan fingerprint density at radius 3 is 3.06 bits per heavy atom. The van der Waals surface area contributed by atoms with Crippen LogP contribution in [-0.2, 0) is 0 Å². The van der Waals surface area contributed by atoms with Crippen molar-refractivity contribution < 1.29 is 4.92 Å². The molecule has 1 atom stereocenters. The topological polar surface area (TPSA) is 55.2 Å². The van der Waals surface area contributed by atoms with Gasteiger partial charge in [-0.05, 0) is 36.0 Å². The molecule has 1 aromatic carbocycles. The number of halogens is 1. The SMILES string of the molecule is O=[N+]([O-])c1ccc(Cl)cc1NCC1CCSC1. The number of hydrogen-bond acceptors (Lipinski definition) is 4. The maximum Gasteiger partial charge on any atom is 0.292 e. The zero-order valence-corrected chi connectivity index (χ0v) is 10.8. The smallest absolute Gasteiger partial charge is 0.292 e. The van der Waals surface area contributed by atoms with Gasteiger partial charge in [0.2, 0.25) is 0 Å². The third-order valence-electron chi connectivity index (χ3n) is 2.76. The lowest BCUT2D eigenvalue weighted by Gasteiger charge is -2.11. The second kappa shape index (κ2) is 5.60. The molecule has 1 unspecified atom stereocenters. The molecule has 0 aromatic heterocycles. The van der Waals surface area contributed by atoms with Gasteiger partial charge < -0.3 is 5.32 Å². The summed E-state index contributed by atoms with van der Waals surface area (Å²) in [6.45, 7) is 0.772. The molecule has 0 radical (unpaired) electrons. The Bertz CT molecular complexity index is 422. The minimum absolute atomic E-state index is 0.0834. The molecule has 0 bridgehead atoms. The van der Waals surface area contributed by atoms with Crippen molar-refractivity contribution in [2.75, 3.05) is 23.4 Å². The van der Waals surface area contributed by atoms with E-state index in [1.165, 1.54) is 24.3 Å². The van der Waals surface area contributed by atoms with E-state index in [2.05, 4.69) is 5.32 Å². The van der Waals surface area contributed by atoms with E-state index in [1.54, 1.807) is 6.07 Å². The Hall–Kier alpha value is -0.940. The minimum atomic E-state index is -0.387. The average Bonchev–Trinajstić information content (AvgIpc) is 2.78. The van der Waals surface area contributed by atoms with Crippen molar-refractivity contribution in [1.29, 1.82) is 0 Å². The van der Waals surface area contributed by atoms with Gasteiger partial charge in [-0.2, -0.15) is 11.8 Å². The highest BCUT2D eigenvalue weighted by Gasteiger charge is 2.18. The van der Waals surface area contributed by atoms with Crippen LogP contribution in [0.25, 0.3) is 0 Å². The Kier molecular flexibility index (Phi) is 4.12. The molecule has 0 spiro atoms. The Morgan fingerprint density at radius 1 is 1.59 bits per heavy atom. The van der Waals surface area contributed by atoms with Crippen LogP contribution in [0, 0.1) is 16.0 Å². The zero-order chi connectivity index (χ0) is 12.3. The predicted molar refractivity (Wildman–Crippen MR) is 72.0 cm³/mol. The monoisotopic (exact) mass is 272 g/mol. The van der Waals surface area contributed by atoms with Gasteiger partial charge in [0.15, 0.2) is 0 Å². The van der Waals surface area contributed by atoms with Gasteiger partial charge in [0.1, 0.15) is 5.69 Å². The summed E-state index contributed by atoms with van der Waals surface area (Å²) in [5.41, 5.74) is 0.597. The average molecular weight is 273 g/mol. The highest BCUT2D eigenvalue weighted by atomic mass is 35.5. The van der Waals surface area contributed by atoms with E-state index < -0.39 is 0 Å². The standard InChI is InChI=1S/C11H13ClN2O2S/c12-9-1-2-11(14(15)16)10(5-9)13-6-8-3-4-17-7-8/h1-2,5,8,13H,3-4,6-7H2. The van der Waals surface area contributed by atoms with Gasteiger partial charge in [-0.25, -0.2) is 0 Å². The number of nitrogens with one attached hydrogen (secondary N) is 1. The van der Waals surface area contributed by atoms with Crippen LogP contribution in [-0.4, -0.2) is 23.0 Å². The fourth-order valence-corrected chi connectivity index (χ4v) is 3.26. The first-order valence-corrected chi connectivity index (χ1v) is 6.95. The quantitative estimate of drug-likeness (QED) is 0.674. The molecule has 1 fully saturated rings. The third kappa shape index (κ3) is 3.26.